The predicted octanol–water partition coefficient (Wildman–Crippen LogP) is 0.540. The van der Waals surface area contributed by atoms with E-state index in [1.54, 1.807) is 0 Å². The minimum atomic E-state index is -1.83. The standard InChI is InChI=1S/CH2N2.CH2O3/c2-1-3;2-1(3)4/h2-3H;(H2,2,3,4). The molecule has 0 fully saturated rings. The molecule has 0 atom stereocenters. The molecule has 0 aromatic carbocycles. The minimum Gasteiger partial charge on any atom is -0.450 e. The molecule has 0 spiro atoms. The summed E-state index contributed by atoms with van der Waals surface area (Å²) < 4.78 is 0. The Labute approximate surface area is 39.2 Å². The zero-order valence-corrected chi connectivity index (χ0v) is 3.30. The fourth-order valence-corrected chi connectivity index (χ4v) is 0. The molecule has 0 unspecified atom stereocenters. The molecule has 0 aliphatic carbocycles. The molecule has 0 aromatic heterocycles. The van der Waals surface area contributed by atoms with Gasteiger partial charge in [-0.05, 0) is 0 Å². The van der Waals surface area contributed by atoms with Crippen molar-refractivity contribution in [2.45, 2.75) is 0 Å². The van der Waals surface area contributed by atoms with Crippen molar-refractivity contribution in [2.24, 2.45) is 0 Å². The molecule has 0 bridgehead atoms. The average molecular weight is 104 g/mol. The van der Waals surface area contributed by atoms with Gasteiger partial charge in [0, 0.05) is 0 Å². The zero-order chi connectivity index (χ0) is 6.28. The van der Waals surface area contributed by atoms with E-state index in [2.05, 4.69) is 0 Å². The summed E-state index contributed by atoms with van der Waals surface area (Å²) in [7, 11) is 0. The second-order valence-corrected chi connectivity index (χ2v) is 0.408. The van der Waals surface area contributed by atoms with Crippen molar-refractivity contribution in [3.8, 4) is 0 Å². The number of nitrogens with one attached hydrogen (secondary N) is 2. The summed E-state index contributed by atoms with van der Waals surface area (Å²) in [5.74, 6) is 0. The van der Waals surface area contributed by atoms with Crippen LogP contribution in [0.15, 0.2) is 0 Å². The fraction of sp³-hybridized carbons (Fsp3) is 0. The molecule has 5 heteroatoms. The number of hydrogen-bond acceptors (Lipinski definition) is 3. The van der Waals surface area contributed by atoms with Gasteiger partial charge in [-0.15, -0.1) is 0 Å². The van der Waals surface area contributed by atoms with Gasteiger partial charge in [-0.25, -0.2) is 15.6 Å². The van der Waals surface area contributed by atoms with Crippen LogP contribution >= 0.6 is 0 Å². The normalized spacial score (nSPS) is 4.57. The van der Waals surface area contributed by atoms with Crippen LogP contribution in [0.5, 0.6) is 0 Å². The first-order valence-electron chi connectivity index (χ1n) is 1.15. The Kier molecular flexibility index (Phi) is 11.6. The van der Waals surface area contributed by atoms with Crippen molar-refractivity contribution >= 4 is 12.2 Å². The summed E-state index contributed by atoms with van der Waals surface area (Å²) in [6, 6.07) is 1.25. The number of carbonyl (C=O) groups is 1. The Balaban J connectivity index is 0. The van der Waals surface area contributed by atoms with Gasteiger partial charge in [-0.3, -0.25) is 0 Å². The van der Waals surface area contributed by atoms with Gasteiger partial charge in [-0.2, -0.15) is 0 Å². The fourth-order valence-electron chi connectivity index (χ4n) is 0. The molecule has 0 saturated heterocycles. The van der Waals surface area contributed by atoms with E-state index in [4.69, 9.17) is 25.8 Å². The monoisotopic (exact) mass is 104 g/mol. The average Bonchev–Trinajstić information content (AvgIpc) is 1.33. The molecule has 0 aliphatic rings. The molecule has 7 heavy (non-hydrogen) atoms. The maximum atomic E-state index is 8.56. The molecule has 0 aliphatic heterocycles. The van der Waals surface area contributed by atoms with Gasteiger partial charge in [0.05, 0.1) is 6.01 Å². The van der Waals surface area contributed by atoms with E-state index in [-0.39, 0.29) is 0 Å². The van der Waals surface area contributed by atoms with E-state index in [0.29, 0.717) is 0 Å². The molecule has 0 saturated carbocycles. The predicted molar refractivity (Wildman–Crippen MR) is 21.1 cm³/mol. The van der Waals surface area contributed by atoms with E-state index in [9.17, 15) is 0 Å². The Morgan fingerprint density at radius 3 is 1.43 bits per heavy atom. The Hall–Kier alpha value is -1.35. The van der Waals surface area contributed by atoms with Crippen molar-refractivity contribution in [2.75, 3.05) is 0 Å². The summed E-state index contributed by atoms with van der Waals surface area (Å²) in [6.45, 7) is 0. The largest absolute Gasteiger partial charge is 0.503 e. The lowest BCUT2D eigenvalue weighted by molar-refractivity contribution is 0.137. The van der Waals surface area contributed by atoms with Crippen molar-refractivity contribution < 1.29 is 15.0 Å². The van der Waals surface area contributed by atoms with Gasteiger partial charge < -0.3 is 10.2 Å². The van der Waals surface area contributed by atoms with Crippen LogP contribution < -0.4 is 0 Å². The van der Waals surface area contributed by atoms with E-state index in [0.717, 1.165) is 0 Å². The maximum Gasteiger partial charge on any atom is 0.503 e. The Morgan fingerprint density at radius 1 is 1.43 bits per heavy atom. The summed E-state index contributed by atoms with van der Waals surface area (Å²) in [4.78, 5) is 8.56. The van der Waals surface area contributed by atoms with Crippen LogP contribution in [-0.4, -0.2) is 22.4 Å². The highest BCUT2D eigenvalue weighted by molar-refractivity contribution is 5.53. The third kappa shape index (κ3) is 17.9. The van der Waals surface area contributed by atoms with Crippen LogP contribution in [0.1, 0.15) is 0 Å². The lowest BCUT2D eigenvalue weighted by Gasteiger charge is -1.60. The molecular formula is C2H4N2O3. The SMILES string of the molecule is N=C=N.O=C(O)O. The highest BCUT2D eigenvalue weighted by atomic mass is 16.6. The summed E-state index contributed by atoms with van der Waals surface area (Å²) in [6.07, 6.45) is -1.83. The molecule has 0 rings (SSSR count). The quantitative estimate of drug-likeness (QED) is 0.337. The maximum absolute atomic E-state index is 8.56. The Morgan fingerprint density at radius 2 is 1.43 bits per heavy atom. The van der Waals surface area contributed by atoms with Gasteiger partial charge in [0.1, 0.15) is 0 Å². The van der Waals surface area contributed by atoms with Gasteiger partial charge in [0.25, 0.3) is 0 Å². The van der Waals surface area contributed by atoms with Gasteiger partial charge in [0.15, 0.2) is 0 Å². The summed E-state index contributed by atoms with van der Waals surface area (Å²) in [5.41, 5.74) is 0. The number of rotatable bonds is 0. The lowest BCUT2D eigenvalue weighted by atomic mass is 11.5. The van der Waals surface area contributed by atoms with Crippen molar-refractivity contribution in [3.05, 3.63) is 0 Å². The lowest BCUT2D eigenvalue weighted by Crippen LogP contribution is -1.81. The Bertz CT molecular complexity index is 78.9. The third-order valence-electron chi connectivity index (χ3n) is 0. The topological polar surface area (TPSA) is 105 Å². The van der Waals surface area contributed by atoms with E-state index >= 15 is 0 Å². The molecular weight excluding hydrogens is 100 g/mol. The van der Waals surface area contributed by atoms with Crippen molar-refractivity contribution in [1.29, 1.82) is 10.8 Å². The molecule has 0 radical (unpaired) electrons. The van der Waals surface area contributed by atoms with Crippen LogP contribution in [0.25, 0.3) is 0 Å². The second-order valence-electron chi connectivity index (χ2n) is 0.408. The highest BCUT2D eigenvalue weighted by Crippen LogP contribution is 1.42. The summed E-state index contributed by atoms with van der Waals surface area (Å²) >= 11 is 0. The van der Waals surface area contributed by atoms with E-state index in [1.165, 1.54) is 6.01 Å². The van der Waals surface area contributed by atoms with Gasteiger partial charge >= 0.3 is 6.16 Å². The van der Waals surface area contributed by atoms with Crippen molar-refractivity contribution in [1.82, 2.24) is 0 Å². The zero-order valence-electron chi connectivity index (χ0n) is 3.30. The molecule has 5 nitrogen and oxygen atoms in total. The summed E-state index contributed by atoms with van der Waals surface area (Å²) in [5, 5.41) is 25.2. The van der Waals surface area contributed by atoms with Crippen LogP contribution in [-0.2, 0) is 0 Å². The molecule has 4 N–H and O–H groups in total. The second kappa shape index (κ2) is 8.82. The molecule has 0 heterocycles. The third-order valence-corrected chi connectivity index (χ3v) is 0. The van der Waals surface area contributed by atoms with Crippen LogP contribution in [0.4, 0.5) is 4.79 Å². The molecule has 0 amide bonds. The first-order valence-corrected chi connectivity index (χ1v) is 1.15. The number of carboxylic acid groups (broad SMARTS) is 2. The molecule has 0 aromatic rings. The van der Waals surface area contributed by atoms with E-state index in [1.807, 2.05) is 0 Å². The van der Waals surface area contributed by atoms with E-state index < -0.39 is 6.16 Å². The molecule has 40 valence electrons. The van der Waals surface area contributed by atoms with Gasteiger partial charge in [0.2, 0.25) is 0 Å². The van der Waals surface area contributed by atoms with Crippen LogP contribution in [0, 0.1) is 10.8 Å². The highest BCUT2D eigenvalue weighted by Gasteiger charge is 1.70. The van der Waals surface area contributed by atoms with Gasteiger partial charge in [-0.1, -0.05) is 0 Å². The first-order chi connectivity index (χ1) is 3.15. The first kappa shape index (κ1) is 9.17. The minimum absolute atomic E-state index is 1.25. The van der Waals surface area contributed by atoms with Crippen molar-refractivity contribution in [3.63, 3.8) is 0 Å². The number of hydrogen-bond donors (Lipinski definition) is 4. The van der Waals surface area contributed by atoms with Crippen LogP contribution in [0.3, 0.4) is 0 Å². The smallest absolute Gasteiger partial charge is 0.450 e. The van der Waals surface area contributed by atoms with Crippen LogP contribution in [0.2, 0.25) is 0 Å².